The maximum Gasteiger partial charge on any atom is 0.354 e. The zero-order chi connectivity index (χ0) is 11.4. The Morgan fingerprint density at radius 2 is 1.93 bits per heavy atom. The van der Waals surface area contributed by atoms with Gasteiger partial charge in [-0.3, -0.25) is 4.79 Å². The minimum atomic E-state index is -0.653. The summed E-state index contributed by atoms with van der Waals surface area (Å²) in [5.41, 5.74) is 4.34. The first-order valence-corrected chi connectivity index (χ1v) is 4.18. The van der Waals surface area contributed by atoms with E-state index in [1.807, 2.05) is 0 Å². The van der Waals surface area contributed by atoms with Crippen LogP contribution in [0.5, 0.6) is 0 Å². The summed E-state index contributed by atoms with van der Waals surface area (Å²) in [6, 6.07) is 0. The van der Waals surface area contributed by atoms with Crippen molar-refractivity contribution < 1.29 is 14.3 Å². The van der Waals surface area contributed by atoms with Gasteiger partial charge < -0.3 is 15.8 Å². The van der Waals surface area contributed by atoms with E-state index in [0.717, 1.165) is 0 Å². The maximum atomic E-state index is 11.2. The molecule has 5 nitrogen and oxygen atoms in total. The Balaban J connectivity index is 4.15. The molecule has 14 heavy (non-hydrogen) atoms. The smallest absolute Gasteiger partial charge is 0.354 e. The van der Waals surface area contributed by atoms with Crippen molar-refractivity contribution in [2.24, 2.45) is 5.73 Å². The summed E-state index contributed by atoms with van der Waals surface area (Å²) < 4.78 is 4.95. The third kappa shape index (κ3) is 5.31. The number of nitrogens with one attached hydrogen (secondary N) is 1. The summed E-state index contributed by atoms with van der Waals surface area (Å²) in [5, 5.41) is 2.22. The van der Waals surface area contributed by atoms with Gasteiger partial charge in [-0.05, 0) is 20.8 Å². The minimum Gasteiger partial charge on any atom is -0.455 e. The second-order valence-electron chi connectivity index (χ2n) is 3.73. The average molecular weight is 200 g/mol. The number of amides is 1. The molecule has 0 aromatic heterocycles. The van der Waals surface area contributed by atoms with Crippen LogP contribution < -0.4 is 11.1 Å². The number of carbonyl (C=O) groups is 2. The van der Waals surface area contributed by atoms with Crippen molar-refractivity contribution in [1.29, 1.82) is 0 Å². The summed E-state index contributed by atoms with van der Waals surface area (Å²) in [4.78, 5) is 22.0. The van der Waals surface area contributed by atoms with E-state index in [1.54, 1.807) is 20.8 Å². The van der Waals surface area contributed by atoms with E-state index in [4.69, 9.17) is 10.5 Å². The van der Waals surface area contributed by atoms with Gasteiger partial charge in [-0.15, -0.1) is 0 Å². The third-order valence-electron chi connectivity index (χ3n) is 1.12. The Bertz CT molecular complexity index is 253. The van der Waals surface area contributed by atoms with Crippen molar-refractivity contribution in [2.45, 2.75) is 26.4 Å². The van der Waals surface area contributed by atoms with Gasteiger partial charge in [0.2, 0.25) is 5.91 Å². The van der Waals surface area contributed by atoms with Crippen molar-refractivity contribution in [2.75, 3.05) is 6.54 Å². The molecule has 0 rings (SSSR count). The van der Waals surface area contributed by atoms with Crippen LogP contribution in [0.2, 0.25) is 0 Å². The van der Waals surface area contributed by atoms with E-state index in [-0.39, 0.29) is 12.2 Å². The molecule has 0 aliphatic heterocycles. The molecular formula is C9H16N2O3. The number of hydrogen-bond donors (Lipinski definition) is 2. The topological polar surface area (TPSA) is 81.4 Å². The molecule has 0 saturated carbocycles. The first kappa shape index (κ1) is 12.6. The molecule has 0 aliphatic carbocycles. The Hall–Kier alpha value is -1.36. The molecular weight excluding hydrogens is 184 g/mol. The molecule has 0 unspecified atom stereocenters. The summed E-state index contributed by atoms with van der Waals surface area (Å²) in [5.74, 6) is -1.12. The lowest BCUT2D eigenvalue weighted by atomic mass is 10.2. The fourth-order valence-electron chi connectivity index (χ4n) is 0.610. The third-order valence-corrected chi connectivity index (χ3v) is 1.12. The summed E-state index contributed by atoms with van der Waals surface area (Å²) in [6.45, 7) is 8.35. The molecule has 80 valence electrons. The van der Waals surface area contributed by atoms with E-state index in [0.29, 0.717) is 0 Å². The quantitative estimate of drug-likeness (QED) is 0.493. The van der Waals surface area contributed by atoms with Crippen LogP contribution >= 0.6 is 0 Å². The number of ether oxygens (including phenoxy) is 1. The highest BCUT2D eigenvalue weighted by Gasteiger charge is 2.19. The molecule has 0 bridgehead atoms. The van der Waals surface area contributed by atoms with Crippen LogP contribution in [0.1, 0.15) is 20.8 Å². The Morgan fingerprint density at radius 3 is 2.29 bits per heavy atom. The second-order valence-corrected chi connectivity index (χ2v) is 3.73. The van der Waals surface area contributed by atoms with Crippen molar-refractivity contribution >= 4 is 11.9 Å². The first-order chi connectivity index (χ1) is 6.26. The van der Waals surface area contributed by atoms with E-state index < -0.39 is 17.5 Å². The van der Waals surface area contributed by atoms with Crippen LogP contribution in [0.15, 0.2) is 12.3 Å². The van der Waals surface area contributed by atoms with Gasteiger partial charge in [-0.1, -0.05) is 6.58 Å². The van der Waals surface area contributed by atoms with Crippen molar-refractivity contribution in [3.8, 4) is 0 Å². The van der Waals surface area contributed by atoms with Gasteiger partial charge in [0.15, 0.2) is 0 Å². The Morgan fingerprint density at radius 1 is 1.43 bits per heavy atom. The molecule has 0 heterocycles. The van der Waals surface area contributed by atoms with Gasteiger partial charge in [0.1, 0.15) is 11.3 Å². The van der Waals surface area contributed by atoms with Gasteiger partial charge in [0.05, 0.1) is 6.54 Å². The fraction of sp³-hybridized carbons (Fsp3) is 0.556. The molecule has 0 aromatic carbocycles. The average Bonchev–Trinajstić information content (AvgIpc) is 2.00. The Kier molecular flexibility index (Phi) is 4.30. The molecule has 0 radical (unpaired) electrons. The standard InChI is InChI=1S/C9H16N2O3/c1-6(11-7(12)5-10)8(13)14-9(2,3)4/h1,5,10H2,2-4H3,(H,11,12). The zero-order valence-corrected chi connectivity index (χ0v) is 8.72. The first-order valence-electron chi connectivity index (χ1n) is 4.18. The molecule has 0 fully saturated rings. The molecule has 0 saturated heterocycles. The van der Waals surface area contributed by atoms with Gasteiger partial charge in [-0.2, -0.15) is 0 Å². The largest absolute Gasteiger partial charge is 0.455 e. The van der Waals surface area contributed by atoms with E-state index in [9.17, 15) is 9.59 Å². The number of rotatable bonds is 3. The molecule has 3 N–H and O–H groups in total. The number of esters is 1. The van der Waals surface area contributed by atoms with Crippen molar-refractivity contribution in [3.63, 3.8) is 0 Å². The molecule has 0 aliphatic rings. The van der Waals surface area contributed by atoms with E-state index in [1.165, 1.54) is 0 Å². The van der Waals surface area contributed by atoms with Gasteiger partial charge in [0, 0.05) is 0 Å². The van der Waals surface area contributed by atoms with Crippen LogP contribution in [0, 0.1) is 0 Å². The van der Waals surface area contributed by atoms with E-state index >= 15 is 0 Å². The molecule has 0 spiro atoms. The highest BCUT2D eigenvalue weighted by Crippen LogP contribution is 2.08. The highest BCUT2D eigenvalue weighted by atomic mass is 16.6. The lowest BCUT2D eigenvalue weighted by molar-refractivity contribution is -0.151. The minimum absolute atomic E-state index is 0.102. The van der Waals surface area contributed by atoms with Crippen LogP contribution in [-0.2, 0) is 14.3 Å². The fourth-order valence-corrected chi connectivity index (χ4v) is 0.610. The predicted molar refractivity (Wildman–Crippen MR) is 52.2 cm³/mol. The Labute approximate surface area is 83.3 Å². The van der Waals surface area contributed by atoms with Crippen LogP contribution in [0.4, 0.5) is 0 Å². The van der Waals surface area contributed by atoms with Gasteiger partial charge in [-0.25, -0.2) is 4.79 Å². The normalized spacial score (nSPS) is 10.6. The number of nitrogens with two attached hydrogens (primary N) is 1. The number of hydrogen-bond acceptors (Lipinski definition) is 4. The predicted octanol–water partition coefficient (Wildman–Crippen LogP) is -0.0833. The van der Waals surface area contributed by atoms with Crippen LogP contribution in [0.25, 0.3) is 0 Å². The molecule has 1 amide bonds. The summed E-state index contributed by atoms with van der Waals surface area (Å²) in [6.07, 6.45) is 0. The van der Waals surface area contributed by atoms with Crippen molar-refractivity contribution in [1.82, 2.24) is 5.32 Å². The zero-order valence-electron chi connectivity index (χ0n) is 8.72. The summed E-state index contributed by atoms with van der Waals surface area (Å²) >= 11 is 0. The molecule has 0 atom stereocenters. The number of carbonyl (C=O) groups excluding carboxylic acids is 2. The van der Waals surface area contributed by atoms with Gasteiger partial charge >= 0.3 is 5.97 Å². The van der Waals surface area contributed by atoms with Gasteiger partial charge in [0.25, 0.3) is 0 Å². The van der Waals surface area contributed by atoms with Crippen molar-refractivity contribution in [3.05, 3.63) is 12.3 Å². The monoisotopic (exact) mass is 200 g/mol. The summed E-state index contributed by atoms with van der Waals surface area (Å²) in [7, 11) is 0. The lowest BCUT2D eigenvalue weighted by Gasteiger charge is -2.20. The van der Waals surface area contributed by atoms with Crippen LogP contribution in [-0.4, -0.2) is 24.0 Å². The van der Waals surface area contributed by atoms with E-state index in [2.05, 4.69) is 11.9 Å². The SMILES string of the molecule is C=C(NC(=O)CN)C(=O)OC(C)(C)C. The lowest BCUT2D eigenvalue weighted by Crippen LogP contribution is -2.35. The second kappa shape index (κ2) is 4.76. The molecule has 0 aromatic rings. The maximum absolute atomic E-state index is 11.2. The highest BCUT2D eigenvalue weighted by molar-refractivity contribution is 5.93. The molecule has 5 heteroatoms. The van der Waals surface area contributed by atoms with Crippen LogP contribution in [0.3, 0.4) is 0 Å².